The average Bonchev–Trinajstić information content (AvgIpc) is 3.85. The van der Waals surface area contributed by atoms with Gasteiger partial charge in [-0.3, -0.25) is 9.80 Å². The molecule has 280 valence electrons. The summed E-state index contributed by atoms with van der Waals surface area (Å²) in [6, 6.07) is 0. The molecule has 0 spiro atoms. The predicted octanol–water partition coefficient (Wildman–Crippen LogP) is 9.76. The molecule has 0 bridgehead atoms. The smallest absolute Gasteiger partial charge is 0.389 e. The summed E-state index contributed by atoms with van der Waals surface area (Å²) in [7, 11) is 2.03. The van der Waals surface area contributed by atoms with Crippen molar-refractivity contribution < 1.29 is 23.0 Å². The first-order chi connectivity index (χ1) is 23.5. The molecule has 10 unspecified atom stereocenters. The number of aliphatic hydroxyl groups excluding tert-OH is 1. The summed E-state index contributed by atoms with van der Waals surface area (Å²) < 4.78 is 48.5. The van der Waals surface area contributed by atoms with Crippen LogP contribution in [0.2, 0.25) is 0 Å². The highest BCUT2D eigenvalue weighted by Gasteiger charge is 2.48. The third kappa shape index (κ3) is 11.9. The van der Waals surface area contributed by atoms with E-state index in [9.17, 15) is 18.3 Å². The van der Waals surface area contributed by atoms with Crippen LogP contribution in [0.5, 0.6) is 0 Å². The Balaban J connectivity index is 1.18. The molecular formula is C42H69F3N2O2. The first kappa shape index (κ1) is 39.1. The van der Waals surface area contributed by atoms with Crippen LogP contribution in [0.4, 0.5) is 13.2 Å². The number of nitrogens with zero attached hydrogens (tertiary/aromatic N) is 2. The van der Waals surface area contributed by atoms with E-state index < -0.39 is 18.2 Å². The molecule has 10 atom stereocenters. The van der Waals surface area contributed by atoms with Gasteiger partial charge in [-0.25, -0.2) is 0 Å². The second-order valence-electron chi connectivity index (χ2n) is 17.4. The quantitative estimate of drug-likeness (QED) is 0.164. The minimum Gasteiger partial charge on any atom is -0.389 e. The molecule has 1 N–H and O–H groups in total. The summed E-state index contributed by atoms with van der Waals surface area (Å²) in [4.78, 5) is 4.36. The van der Waals surface area contributed by atoms with E-state index in [4.69, 9.17) is 4.74 Å². The molecule has 2 saturated heterocycles. The average molecular weight is 691 g/mol. The van der Waals surface area contributed by atoms with Gasteiger partial charge in [-0.05, 0) is 150 Å². The highest BCUT2D eigenvalue weighted by Crippen LogP contribution is 2.46. The molecule has 0 aromatic rings. The SMILES string of the molecule is C=CCC(CC(CC=CC(C)C1CC1)CC1CCOCC1)C1CC(C(O)C=CC2CCC(CN3CCN(C)C3)C(C(F)(F)F)C2)CCC1C. The van der Waals surface area contributed by atoms with Crippen molar-refractivity contribution >= 4 is 0 Å². The monoisotopic (exact) mass is 691 g/mol. The van der Waals surface area contributed by atoms with Crippen LogP contribution in [0.25, 0.3) is 0 Å². The number of halogens is 3. The molecule has 2 heterocycles. The maximum absolute atomic E-state index is 14.3. The molecule has 3 aliphatic carbocycles. The Labute approximate surface area is 297 Å². The third-order valence-electron chi connectivity index (χ3n) is 13.5. The number of alkyl halides is 3. The summed E-state index contributed by atoms with van der Waals surface area (Å²) in [5.74, 6) is 3.10. The van der Waals surface area contributed by atoms with Gasteiger partial charge in [0.15, 0.2) is 0 Å². The van der Waals surface area contributed by atoms with Gasteiger partial charge in [-0.15, -0.1) is 6.58 Å². The molecule has 0 aromatic carbocycles. The van der Waals surface area contributed by atoms with Crippen LogP contribution < -0.4 is 0 Å². The van der Waals surface area contributed by atoms with Crippen molar-refractivity contribution in [2.24, 2.45) is 65.1 Å². The van der Waals surface area contributed by atoms with Gasteiger partial charge in [0.2, 0.25) is 0 Å². The largest absolute Gasteiger partial charge is 0.392 e. The van der Waals surface area contributed by atoms with Gasteiger partial charge in [-0.1, -0.05) is 50.6 Å². The van der Waals surface area contributed by atoms with Gasteiger partial charge in [-0.2, -0.15) is 13.2 Å². The number of ether oxygens (including phenoxy) is 1. The van der Waals surface area contributed by atoms with Crippen molar-refractivity contribution in [2.75, 3.05) is 46.6 Å². The van der Waals surface area contributed by atoms with Gasteiger partial charge in [0.25, 0.3) is 0 Å². The molecule has 49 heavy (non-hydrogen) atoms. The number of hydrogen-bond donors (Lipinski definition) is 1. The van der Waals surface area contributed by atoms with Crippen molar-refractivity contribution in [2.45, 2.75) is 116 Å². The van der Waals surface area contributed by atoms with Gasteiger partial charge < -0.3 is 9.84 Å². The second-order valence-corrected chi connectivity index (χ2v) is 17.4. The van der Waals surface area contributed by atoms with Crippen LogP contribution >= 0.6 is 0 Å². The Bertz CT molecular complexity index is 1050. The minimum absolute atomic E-state index is 0.118. The van der Waals surface area contributed by atoms with Crippen LogP contribution in [0.1, 0.15) is 104 Å². The van der Waals surface area contributed by atoms with E-state index in [2.05, 4.69) is 48.5 Å². The van der Waals surface area contributed by atoms with E-state index in [1.807, 2.05) is 19.2 Å². The minimum atomic E-state index is -4.18. The Hall–Kier alpha value is -1.15. The Morgan fingerprint density at radius 1 is 0.939 bits per heavy atom. The van der Waals surface area contributed by atoms with E-state index in [0.717, 1.165) is 83.3 Å². The highest BCUT2D eigenvalue weighted by atomic mass is 19.4. The Morgan fingerprint density at radius 2 is 1.69 bits per heavy atom. The molecule has 0 radical (unpaired) electrons. The van der Waals surface area contributed by atoms with Gasteiger partial charge in [0.1, 0.15) is 0 Å². The lowest BCUT2D eigenvalue weighted by atomic mass is 9.65. The molecular weight excluding hydrogens is 621 g/mol. The molecule has 4 nitrogen and oxygen atoms in total. The van der Waals surface area contributed by atoms with Crippen molar-refractivity contribution in [3.05, 3.63) is 37.0 Å². The van der Waals surface area contributed by atoms with Crippen LogP contribution in [0, 0.1) is 65.1 Å². The first-order valence-electron chi connectivity index (χ1n) is 20.2. The Kier molecular flexibility index (Phi) is 14.8. The summed E-state index contributed by atoms with van der Waals surface area (Å²) in [6.07, 6.45) is 20.5. The fourth-order valence-electron chi connectivity index (χ4n) is 10.2. The topological polar surface area (TPSA) is 35.9 Å². The zero-order valence-corrected chi connectivity index (χ0v) is 31.0. The number of rotatable bonds is 16. The van der Waals surface area contributed by atoms with E-state index in [1.165, 1.54) is 38.5 Å². The predicted molar refractivity (Wildman–Crippen MR) is 195 cm³/mol. The van der Waals surface area contributed by atoms with Crippen molar-refractivity contribution in [1.82, 2.24) is 9.80 Å². The molecule has 5 aliphatic rings. The van der Waals surface area contributed by atoms with E-state index in [0.29, 0.717) is 42.6 Å². The number of hydrogen-bond acceptors (Lipinski definition) is 4. The molecule has 5 fully saturated rings. The van der Waals surface area contributed by atoms with Crippen molar-refractivity contribution in [3.8, 4) is 0 Å². The van der Waals surface area contributed by atoms with Gasteiger partial charge in [0, 0.05) is 32.8 Å². The van der Waals surface area contributed by atoms with Crippen LogP contribution in [-0.4, -0.2) is 73.8 Å². The van der Waals surface area contributed by atoms with Crippen LogP contribution in [-0.2, 0) is 4.74 Å². The fourth-order valence-corrected chi connectivity index (χ4v) is 10.2. The van der Waals surface area contributed by atoms with Gasteiger partial charge >= 0.3 is 6.18 Å². The standard InChI is InChI=1S/C42H69F3N2O2/c1-5-7-36(25-34(24-33-18-22-49-23-19-33)9-6-8-30(2)35-15-16-35)39-27-37(13-10-31(39)3)41(48)17-12-32-11-14-38(40(26-32)42(43,44)45)28-47-21-20-46(4)29-47/h5-6,8,12,17,30-41,48H,1,7,9-11,13-16,18-29H2,2-4H3. The van der Waals surface area contributed by atoms with Crippen LogP contribution in [0.15, 0.2) is 37.0 Å². The van der Waals surface area contributed by atoms with Gasteiger partial charge in [0.05, 0.1) is 18.7 Å². The highest BCUT2D eigenvalue weighted by molar-refractivity contribution is 5.02. The molecule has 7 heteroatoms. The molecule has 0 aromatic heterocycles. The lowest BCUT2D eigenvalue weighted by Crippen LogP contribution is -2.41. The van der Waals surface area contributed by atoms with Crippen LogP contribution in [0.3, 0.4) is 0 Å². The summed E-state index contributed by atoms with van der Waals surface area (Å²) >= 11 is 0. The third-order valence-corrected chi connectivity index (χ3v) is 13.5. The normalized spacial score (nSPS) is 34.0. The molecule has 2 aliphatic heterocycles. The second kappa shape index (κ2) is 18.6. The lowest BCUT2D eigenvalue weighted by molar-refractivity contribution is -0.200. The number of aliphatic hydroxyl groups is 1. The maximum atomic E-state index is 14.3. The van der Waals surface area contributed by atoms with Crippen molar-refractivity contribution in [1.29, 1.82) is 0 Å². The number of allylic oxidation sites excluding steroid dienone is 4. The molecule has 3 saturated carbocycles. The summed E-state index contributed by atoms with van der Waals surface area (Å²) in [6.45, 7) is 13.8. The van der Waals surface area contributed by atoms with E-state index in [-0.39, 0.29) is 24.2 Å². The summed E-state index contributed by atoms with van der Waals surface area (Å²) in [5, 5.41) is 11.5. The number of likely N-dealkylation sites (N-methyl/N-ethyl adjacent to an activating group) is 1. The summed E-state index contributed by atoms with van der Waals surface area (Å²) in [5.41, 5.74) is 0. The maximum Gasteiger partial charge on any atom is 0.392 e. The molecule has 5 rings (SSSR count). The zero-order valence-electron chi connectivity index (χ0n) is 31.0. The van der Waals surface area contributed by atoms with E-state index >= 15 is 0 Å². The van der Waals surface area contributed by atoms with E-state index in [1.54, 1.807) is 0 Å². The van der Waals surface area contributed by atoms with Crippen molar-refractivity contribution in [3.63, 3.8) is 0 Å². The zero-order chi connectivity index (χ0) is 35.0. The first-order valence-corrected chi connectivity index (χ1v) is 20.2. The Morgan fingerprint density at radius 3 is 2.37 bits per heavy atom. The fraction of sp³-hybridized carbons (Fsp3) is 0.857. The lowest BCUT2D eigenvalue weighted by Gasteiger charge is -2.41. The molecule has 0 amide bonds.